The van der Waals surface area contributed by atoms with E-state index in [-0.39, 0.29) is 5.91 Å². The molecule has 150 valence electrons. The van der Waals surface area contributed by atoms with Crippen molar-refractivity contribution in [2.75, 3.05) is 6.61 Å². The minimum absolute atomic E-state index is 0.292. The summed E-state index contributed by atoms with van der Waals surface area (Å²) in [5.41, 5.74) is 6.20. The zero-order chi connectivity index (χ0) is 19.9. The molecule has 2 amide bonds. The van der Waals surface area contributed by atoms with Gasteiger partial charge in [0.25, 0.3) is 11.8 Å². The molecule has 28 heavy (non-hydrogen) atoms. The maximum absolute atomic E-state index is 12.4. The third-order valence-electron chi connectivity index (χ3n) is 4.59. The number of nitrogens with one attached hydrogen (secondary N) is 2. The Bertz CT molecular complexity index is 793. The van der Waals surface area contributed by atoms with Gasteiger partial charge in [-0.05, 0) is 75.4 Å². The lowest BCUT2D eigenvalue weighted by Gasteiger charge is -2.15. The van der Waals surface area contributed by atoms with Gasteiger partial charge in [0, 0.05) is 4.88 Å². The van der Waals surface area contributed by atoms with Crippen LogP contribution in [0.4, 0.5) is 0 Å². The van der Waals surface area contributed by atoms with Gasteiger partial charge in [-0.1, -0.05) is 6.42 Å². The molecule has 1 heterocycles. The van der Waals surface area contributed by atoms with Crippen LogP contribution in [0.3, 0.4) is 0 Å². The number of hydrogen-bond acceptors (Lipinski definition) is 5. The summed E-state index contributed by atoms with van der Waals surface area (Å²) in [6.45, 7) is 4.13. The Morgan fingerprint density at radius 1 is 1.07 bits per heavy atom. The molecule has 7 heteroatoms. The number of carbonyl (C=O) groups excluding carboxylic acids is 2. The van der Waals surface area contributed by atoms with E-state index < -0.39 is 12.0 Å². The third kappa shape index (κ3) is 5.25. The first-order valence-corrected chi connectivity index (χ1v) is 10.5. The van der Waals surface area contributed by atoms with E-state index in [1.807, 2.05) is 13.0 Å². The Balaban J connectivity index is 1.49. The number of carbonyl (C=O) groups is 2. The van der Waals surface area contributed by atoms with Crippen LogP contribution in [0, 0.1) is 0 Å². The molecule has 0 unspecified atom stereocenters. The number of hydrazine groups is 1. The standard InChI is InChI=1S/C21H26N2O4S/c1-3-26-16-9-11-17(12-10-16)27-14(2)20(24)22-23-21(25)19-13-15-7-5-4-6-8-18(15)28-19/h9-14H,3-8H2,1-2H3,(H,22,24)(H,23,25)/t14-/m0/s1. The van der Waals surface area contributed by atoms with Gasteiger partial charge in [-0.2, -0.15) is 0 Å². The molecule has 2 N–H and O–H groups in total. The number of fused-ring (bicyclic) bond motifs is 1. The SMILES string of the molecule is CCOc1ccc(O[C@@H](C)C(=O)NNC(=O)c2cc3c(s2)CCCCC3)cc1. The molecule has 0 aliphatic heterocycles. The highest BCUT2D eigenvalue weighted by Crippen LogP contribution is 2.28. The fraction of sp³-hybridized carbons (Fsp3) is 0.429. The first kappa shape index (κ1) is 20.2. The van der Waals surface area contributed by atoms with E-state index >= 15 is 0 Å². The molecular formula is C21H26N2O4S. The molecule has 2 aromatic rings. The Kier molecular flexibility index (Phi) is 6.92. The molecule has 3 rings (SSSR count). The predicted octanol–water partition coefficient (Wildman–Crippen LogP) is 3.64. The summed E-state index contributed by atoms with van der Waals surface area (Å²) < 4.78 is 11.0. The van der Waals surface area contributed by atoms with Crippen molar-refractivity contribution in [3.63, 3.8) is 0 Å². The lowest BCUT2D eigenvalue weighted by molar-refractivity contribution is -0.128. The lowest BCUT2D eigenvalue weighted by atomic mass is 10.1. The van der Waals surface area contributed by atoms with Crippen molar-refractivity contribution in [3.8, 4) is 11.5 Å². The minimum atomic E-state index is -0.752. The quantitative estimate of drug-likeness (QED) is 0.571. The minimum Gasteiger partial charge on any atom is -0.494 e. The van der Waals surface area contributed by atoms with Crippen molar-refractivity contribution < 1.29 is 19.1 Å². The first-order valence-electron chi connectivity index (χ1n) is 9.68. The highest BCUT2D eigenvalue weighted by Gasteiger charge is 2.19. The molecular weight excluding hydrogens is 376 g/mol. The van der Waals surface area contributed by atoms with E-state index in [2.05, 4.69) is 10.9 Å². The maximum Gasteiger partial charge on any atom is 0.279 e. The van der Waals surface area contributed by atoms with Crippen molar-refractivity contribution in [1.29, 1.82) is 0 Å². The maximum atomic E-state index is 12.4. The van der Waals surface area contributed by atoms with Crippen molar-refractivity contribution in [3.05, 3.63) is 45.6 Å². The van der Waals surface area contributed by atoms with Crippen LogP contribution in [0.1, 0.15) is 53.2 Å². The Morgan fingerprint density at radius 3 is 2.54 bits per heavy atom. The van der Waals surface area contributed by atoms with Gasteiger partial charge >= 0.3 is 0 Å². The fourth-order valence-electron chi connectivity index (χ4n) is 3.10. The third-order valence-corrected chi connectivity index (χ3v) is 5.82. The van der Waals surface area contributed by atoms with Crippen molar-refractivity contribution in [2.45, 2.75) is 52.1 Å². The summed E-state index contributed by atoms with van der Waals surface area (Å²) in [6, 6.07) is 9.00. The first-order chi connectivity index (χ1) is 13.6. The Morgan fingerprint density at radius 2 is 1.79 bits per heavy atom. The summed E-state index contributed by atoms with van der Waals surface area (Å²) in [7, 11) is 0. The highest BCUT2D eigenvalue weighted by molar-refractivity contribution is 7.14. The molecule has 0 fully saturated rings. The summed E-state index contributed by atoms with van der Waals surface area (Å²) in [4.78, 5) is 26.5. The molecule has 0 saturated heterocycles. The smallest absolute Gasteiger partial charge is 0.279 e. The van der Waals surface area contributed by atoms with Gasteiger partial charge < -0.3 is 9.47 Å². The van der Waals surface area contributed by atoms with E-state index in [9.17, 15) is 9.59 Å². The topological polar surface area (TPSA) is 76.7 Å². The predicted molar refractivity (Wildman–Crippen MR) is 109 cm³/mol. The van der Waals surface area contributed by atoms with Gasteiger partial charge in [0.2, 0.25) is 0 Å². The molecule has 0 bridgehead atoms. The number of hydrogen-bond donors (Lipinski definition) is 2. The molecule has 1 aliphatic carbocycles. The summed E-state index contributed by atoms with van der Waals surface area (Å²) in [5, 5.41) is 0. The van der Waals surface area contributed by atoms with Crippen LogP contribution < -0.4 is 20.3 Å². The van der Waals surface area contributed by atoms with Crippen molar-refractivity contribution in [2.24, 2.45) is 0 Å². The normalized spacial score (nSPS) is 14.4. The number of benzene rings is 1. The van der Waals surface area contributed by atoms with Crippen LogP contribution in [0.2, 0.25) is 0 Å². The monoisotopic (exact) mass is 402 g/mol. The second-order valence-electron chi connectivity index (χ2n) is 6.73. The fourth-order valence-corrected chi connectivity index (χ4v) is 4.25. The van der Waals surface area contributed by atoms with Gasteiger partial charge in [0.05, 0.1) is 11.5 Å². The van der Waals surface area contributed by atoms with Gasteiger partial charge in [-0.3, -0.25) is 20.4 Å². The zero-order valence-corrected chi connectivity index (χ0v) is 17.1. The van der Waals surface area contributed by atoms with Crippen LogP contribution in [-0.4, -0.2) is 24.5 Å². The summed E-state index contributed by atoms with van der Waals surface area (Å²) in [5.74, 6) is 0.591. The van der Waals surface area contributed by atoms with E-state index in [1.54, 1.807) is 31.2 Å². The van der Waals surface area contributed by atoms with Gasteiger partial charge in [-0.25, -0.2) is 0 Å². The number of aryl methyl sites for hydroxylation is 2. The number of thiophene rings is 1. The van der Waals surface area contributed by atoms with E-state index in [4.69, 9.17) is 9.47 Å². The van der Waals surface area contributed by atoms with E-state index in [1.165, 1.54) is 41.0 Å². The van der Waals surface area contributed by atoms with Crippen LogP contribution in [0.5, 0.6) is 11.5 Å². The van der Waals surface area contributed by atoms with Gasteiger partial charge in [0.1, 0.15) is 11.5 Å². The van der Waals surface area contributed by atoms with Crippen molar-refractivity contribution in [1.82, 2.24) is 10.9 Å². The average Bonchev–Trinajstić information content (AvgIpc) is 2.98. The lowest BCUT2D eigenvalue weighted by Crippen LogP contribution is -2.47. The summed E-state index contributed by atoms with van der Waals surface area (Å²) in [6.07, 6.45) is 4.89. The largest absolute Gasteiger partial charge is 0.494 e. The van der Waals surface area contributed by atoms with Crippen LogP contribution >= 0.6 is 11.3 Å². The molecule has 1 aliphatic rings. The Hall–Kier alpha value is -2.54. The van der Waals surface area contributed by atoms with Crippen molar-refractivity contribution >= 4 is 23.2 Å². The van der Waals surface area contributed by atoms with Crippen LogP contribution in [0.25, 0.3) is 0 Å². The zero-order valence-electron chi connectivity index (χ0n) is 16.2. The van der Waals surface area contributed by atoms with Crippen LogP contribution in [0.15, 0.2) is 30.3 Å². The average molecular weight is 403 g/mol. The molecule has 0 saturated carbocycles. The second-order valence-corrected chi connectivity index (χ2v) is 7.86. The Labute approximate surface area is 169 Å². The molecule has 1 aromatic carbocycles. The van der Waals surface area contributed by atoms with E-state index in [0.717, 1.165) is 18.6 Å². The number of ether oxygens (including phenoxy) is 2. The van der Waals surface area contributed by atoms with Gasteiger partial charge in [-0.15, -0.1) is 11.3 Å². The van der Waals surface area contributed by atoms with Crippen LogP contribution in [-0.2, 0) is 17.6 Å². The van der Waals surface area contributed by atoms with E-state index in [0.29, 0.717) is 17.2 Å². The number of rotatable bonds is 6. The second kappa shape index (κ2) is 9.59. The molecule has 1 aromatic heterocycles. The molecule has 0 radical (unpaired) electrons. The van der Waals surface area contributed by atoms with Gasteiger partial charge in [0.15, 0.2) is 6.10 Å². The molecule has 0 spiro atoms. The molecule has 6 nitrogen and oxygen atoms in total. The molecule has 1 atom stereocenters. The number of amides is 2. The highest BCUT2D eigenvalue weighted by atomic mass is 32.1. The summed E-state index contributed by atoms with van der Waals surface area (Å²) >= 11 is 1.52.